The van der Waals surface area contributed by atoms with E-state index < -0.39 is 5.97 Å². The molecule has 1 N–H and O–H groups in total. The van der Waals surface area contributed by atoms with Gasteiger partial charge in [-0.3, -0.25) is 0 Å². The molecule has 0 heterocycles. The zero-order valence-electron chi connectivity index (χ0n) is 11.0. The Morgan fingerprint density at radius 1 is 0.950 bits per heavy atom. The number of carboxylic acids is 1. The fourth-order valence-electron chi connectivity index (χ4n) is 2.59. The Bertz CT molecular complexity index is 777. The molecule has 0 aliphatic carbocycles. The lowest BCUT2D eigenvalue weighted by Crippen LogP contribution is -2.03. The molecule has 0 radical (unpaired) electrons. The number of hydrogen-bond donors (Lipinski definition) is 1. The highest BCUT2D eigenvalue weighted by Gasteiger charge is 2.11. The van der Waals surface area contributed by atoms with Crippen LogP contribution in [0.1, 0.15) is 5.56 Å². The van der Waals surface area contributed by atoms with Crippen LogP contribution in [-0.2, 0) is 11.2 Å². The van der Waals surface area contributed by atoms with E-state index in [2.05, 4.69) is 24.8 Å². The van der Waals surface area contributed by atoms with Crippen LogP contribution >= 0.6 is 0 Å². The predicted octanol–water partition coefficient (Wildman–Crippen LogP) is 4.18. The minimum absolute atomic E-state index is 0.214. The van der Waals surface area contributed by atoms with Gasteiger partial charge >= 0.3 is 5.97 Å². The van der Waals surface area contributed by atoms with Gasteiger partial charge < -0.3 is 5.11 Å². The molecule has 0 aromatic heterocycles. The molecule has 2 heteroatoms. The summed E-state index contributed by atoms with van der Waals surface area (Å²) < 4.78 is 0. The number of carboxylic acid groups (broad SMARTS) is 1. The van der Waals surface area contributed by atoms with E-state index in [9.17, 15) is 4.79 Å². The molecule has 0 atom stereocenters. The summed E-state index contributed by atoms with van der Waals surface area (Å²) in [5.74, 6) is -0.943. The maximum Gasteiger partial charge on any atom is 0.331 e. The molecule has 3 aromatic rings. The number of aliphatic carboxylic acids is 1. The van der Waals surface area contributed by atoms with Gasteiger partial charge in [0.25, 0.3) is 0 Å². The summed E-state index contributed by atoms with van der Waals surface area (Å²) in [4.78, 5) is 11.1. The molecule has 3 aromatic carbocycles. The van der Waals surface area contributed by atoms with Crippen LogP contribution in [0.15, 0.2) is 66.7 Å². The van der Waals surface area contributed by atoms with Gasteiger partial charge in [0, 0.05) is 12.0 Å². The minimum Gasteiger partial charge on any atom is -0.478 e. The van der Waals surface area contributed by atoms with Gasteiger partial charge in [0.2, 0.25) is 0 Å². The van der Waals surface area contributed by atoms with Crippen LogP contribution in [0.2, 0.25) is 0 Å². The van der Waals surface area contributed by atoms with Gasteiger partial charge in [-0.25, -0.2) is 4.79 Å². The monoisotopic (exact) mass is 262 g/mol. The van der Waals surface area contributed by atoms with Crippen LogP contribution in [0, 0.1) is 0 Å². The first-order valence-electron chi connectivity index (χ1n) is 6.47. The second kappa shape index (κ2) is 4.82. The Morgan fingerprint density at radius 2 is 1.45 bits per heavy atom. The average molecular weight is 262 g/mol. The van der Waals surface area contributed by atoms with Crippen molar-refractivity contribution < 1.29 is 9.90 Å². The summed E-state index contributed by atoms with van der Waals surface area (Å²) in [5, 5.41) is 13.5. The van der Waals surface area contributed by atoms with E-state index in [0.29, 0.717) is 6.42 Å². The molecule has 0 aliphatic rings. The van der Waals surface area contributed by atoms with E-state index in [1.165, 1.54) is 0 Å². The van der Waals surface area contributed by atoms with Crippen LogP contribution in [0.3, 0.4) is 0 Å². The topological polar surface area (TPSA) is 37.3 Å². The van der Waals surface area contributed by atoms with E-state index in [1.807, 2.05) is 36.4 Å². The molecule has 20 heavy (non-hydrogen) atoms. The molecule has 0 fully saturated rings. The molecule has 3 rings (SSSR count). The standard InChI is InChI=1S/C18H14O2/c1-12(18(19)20)10-17-15-8-4-2-6-13(15)11-14-7-3-5-9-16(14)17/h2-9,11H,1,10H2,(H,19,20). The van der Waals surface area contributed by atoms with Gasteiger partial charge in [0.1, 0.15) is 0 Å². The highest BCUT2D eigenvalue weighted by atomic mass is 16.4. The fourth-order valence-corrected chi connectivity index (χ4v) is 2.59. The van der Waals surface area contributed by atoms with Crippen molar-refractivity contribution in [3.8, 4) is 0 Å². The van der Waals surface area contributed by atoms with Crippen molar-refractivity contribution in [2.24, 2.45) is 0 Å². The van der Waals surface area contributed by atoms with Crippen molar-refractivity contribution in [2.45, 2.75) is 6.42 Å². The third kappa shape index (κ3) is 2.05. The maximum absolute atomic E-state index is 11.1. The van der Waals surface area contributed by atoms with Crippen molar-refractivity contribution in [2.75, 3.05) is 0 Å². The molecular formula is C18H14O2. The van der Waals surface area contributed by atoms with E-state index in [-0.39, 0.29) is 5.57 Å². The Labute approximate surface area is 117 Å². The van der Waals surface area contributed by atoms with Crippen LogP contribution in [-0.4, -0.2) is 11.1 Å². The molecule has 2 nitrogen and oxygen atoms in total. The third-order valence-electron chi connectivity index (χ3n) is 3.58. The highest BCUT2D eigenvalue weighted by Crippen LogP contribution is 2.29. The molecule has 0 amide bonds. The van der Waals surface area contributed by atoms with Crippen molar-refractivity contribution in [1.29, 1.82) is 0 Å². The SMILES string of the molecule is C=C(Cc1c2ccccc2cc2ccccc12)C(=O)O. The molecule has 0 bridgehead atoms. The van der Waals surface area contributed by atoms with Gasteiger partial charge in [-0.05, 0) is 33.2 Å². The lowest BCUT2D eigenvalue weighted by molar-refractivity contribution is -0.132. The van der Waals surface area contributed by atoms with Crippen molar-refractivity contribution in [3.05, 3.63) is 72.3 Å². The first kappa shape index (κ1) is 12.4. The second-order valence-electron chi connectivity index (χ2n) is 4.88. The van der Waals surface area contributed by atoms with Crippen LogP contribution in [0.25, 0.3) is 21.5 Å². The van der Waals surface area contributed by atoms with Crippen LogP contribution in [0.4, 0.5) is 0 Å². The Kier molecular flexibility index (Phi) is 2.99. The predicted molar refractivity (Wildman–Crippen MR) is 81.9 cm³/mol. The summed E-state index contributed by atoms with van der Waals surface area (Å²) in [7, 11) is 0. The first-order chi connectivity index (χ1) is 9.66. The number of carbonyl (C=O) groups is 1. The Morgan fingerprint density at radius 3 is 1.95 bits per heavy atom. The van der Waals surface area contributed by atoms with Crippen molar-refractivity contribution >= 4 is 27.5 Å². The lowest BCUT2D eigenvalue weighted by Gasteiger charge is -2.11. The zero-order valence-corrected chi connectivity index (χ0v) is 11.0. The average Bonchev–Trinajstić information content (AvgIpc) is 2.46. The summed E-state index contributed by atoms with van der Waals surface area (Å²) >= 11 is 0. The number of hydrogen-bond acceptors (Lipinski definition) is 1. The van der Waals surface area contributed by atoms with Crippen LogP contribution in [0.5, 0.6) is 0 Å². The maximum atomic E-state index is 11.1. The van der Waals surface area contributed by atoms with Gasteiger partial charge in [0.05, 0.1) is 0 Å². The number of rotatable bonds is 3. The summed E-state index contributed by atoms with van der Waals surface area (Å²) in [6, 6.07) is 18.2. The fraction of sp³-hybridized carbons (Fsp3) is 0.0556. The first-order valence-corrected chi connectivity index (χ1v) is 6.47. The summed E-state index contributed by atoms with van der Waals surface area (Å²) in [6.07, 6.45) is 0.358. The van der Waals surface area contributed by atoms with Gasteiger partial charge in [-0.15, -0.1) is 0 Å². The highest BCUT2D eigenvalue weighted by molar-refractivity contribution is 6.03. The number of benzene rings is 3. The van der Waals surface area contributed by atoms with Gasteiger partial charge in [-0.2, -0.15) is 0 Å². The van der Waals surface area contributed by atoms with Crippen LogP contribution < -0.4 is 0 Å². The largest absolute Gasteiger partial charge is 0.478 e. The third-order valence-corrected chi connectivity index (χ3v) is 3.58. The van der Waals surface area contributed by atoms with Crippen molar-refractivity contribution in [1.82, 2.24) is 0 Å². The summed E-state index contributed by atoms with van der Waals surface area (Å²) in [5.41, 5.74) is 1.25. The van der Waals surface area contributed by atoms with E-state index in [1.54, 1.807) is 0 Å². The Hall–Kier alpha value is -2.61. The minimum atomic E-state index is -0.943. The number of fused-ring (bicyclic) bond motifs is 2. The van der Waals surface area contributed by atoms with E-state index in [4.69, 9.17) is 5.11 Å². The molecule has 0 unspecified atom stereocenters. The van der Waals surface area contributed by atoms with E-state index in [0.717, 1.165) is 27.1 Å². The molecule has 0 saturated carbocycles. The molecule has 98 valence electrons. The van der Waals surface area contributed by atoms with Gasteiger partial charge in [-0.1, -0.05) is 55.1 Å². The molecular weight excluding hydrogens is 248 g/mol. The lowest BCUT2D eigenvalue weighted by atomic mass is 9.93. The zero-order chi connectivity index (χ0) is 14.1. The smallest absolute Gasteiger partial charge is 0.331 e. The Balaban J connectivity index is 2.33. The van der Waals surface area contributed by atoms with Crippen molar-refractivity contribution in [3.63, 3.8) is 0 Å². The quantitative estimate of drug-likeness (QED) is 0.568. The van der Waals surface area contributed by atoms with E-state index >= 15 is 0 Å². The normalized spacial score (nSPS) is 10.8. The van der Waals surface area contributed by atoms with Gasteiger partial charge in [0.15, 0.2) is 0 Å². The summed E-state index contributed by atoms with van der Waals surface area (Å²) in [6.45, 7) is 3.66. The molecule has 0 aliphatic heterocycles. The second-order valence-corrected chi connectivity index (χ2v) is 4.88. The molecule has 0 saturated heterocycles. The molecule has 0 spiro atoms.